The minimum Gasteiger partial charge on any atom is -0.322 e. The third-order valence-electron chi connectivity index (χ3n) is 1.97. The molecule has 0 fully saturated rings. The molecule has 1 N–H and O–H groups in total. The average molecular weight is 268 g/mol. The van der Waals surface area contributed by atoms with Gasteiger partial charge in [0.2, 0.25) is 0 Å². The Bertz CT molecular complexity index is 560. The lowest BCUT2D eigenvalue weighted by Gasteiger charge is -2.05. The van der Waals surface area contributed by atoms with Crippen LogP contribution in [0.2, 0.25) is 10.3 Å². The van der Waals surface area contributed by atoms with Gasteiger partial charge in [0.05, 0.1) is 0 Å². The van der Waals surface area contributed by atoms with Crippen molar-refractivity contribution in [1.82, 2.24) is 9.97 Å². The highest BCUT2D eigenvalue weighted by molar-refractivity contribution is 6.30. The molecule has 0 aliphatic carbocycles. The molecular formula is C11H7Cl2N3O. The predicted octanol–water partition coefficient (Wildman–Crippen LogP) is 3.04. The van der Waals surface area contributed by atoms with Crippen molar-refractivity contribution < 1.29 is 4.79 Å². The number of nitrogens with one attached hydrogen (secondary N) is 1. The summed E-state index contributed by atoms with van der Waals surface area (Å²) < 4.78 is 0. The van der Waals surface area contributed by atoms with Crippen LogP contribution in [0.25, 0.3) is 0 Å². The summed E-state index contributed by atoms with van der Waals surface area (Å²) in [4.78, 5) is 19.4. The van der Waals surface area contributed by atoms with Crippen LogP contribution in [0.1, 0.15) is 10.4 Å². The van der Waals surface area contributed by atoms with Crippen LogP contribution in [0, 0.1) is 0 Å². The van der Waals surface area contributed by atoms with E-state index in [1.54, 1.807) is 18.2 Å². The van der Waals surface area contributed by atoms with Gasteiger partial charge >= 0.3 is 0 Å². The fourth-order valence-electron chi connectivity index (χ4n) is 1.23. The van der Waals surface area contributed by atoms with E-state index >= 15 is 0 Å². The lowest BCUT2D eigenvalue weighted by molar-refractivity contribution is 0.102. The zero-order chi connectivity index (χ0) is 12.3. The van der Waals surface area contributed by atoms with Crippen molar-refractivity contribution in [3.8, 4) is 0 Å². The summed E-state index contributed by atoms with van der Waals surface area (Å²) in [7, 11) is 0. The Morgan fingerprint density at radius 1 is 1.06 bits per heavy atom. The van der Waals surface area contributed by atoms with Gasteiger partial charge in [0.1, 0.15) is 10.3 Å². The lowest BCUT2D eigenvalue weighted by atomic mass is 10.2. The number of anilines is 1. The molecule has 0 aliphatic rings. The van der Waals surface area contributed by atoms with E-state index in [0.29, 0.717) is 16.4 Å². The van der Waals surface area contributed by atoms with Crippen LogP contribution >= 0.6 is 23.2 Å². The summed E-state index contributed by atoms with van der Waals surface area (Å²) in [6.45, 7) is 0. The molecule has 2 aromatic heterocycles. The van der Waals surface area contributed by atoms with Crippen molar-refractivity contribution in [1.29, 1.82) is 0 Å². The van der Waals surface area contributed by atoms with Crippen LogP contribution in [-0.4, -0.2) is 15.9 Å². The maximum absolute atomic E-state index is 11.8. The minimum absolute atomic E-state index is 0.269. The molecule has 0 saturated heterocycles. The monoisotopic (exact) mass is 267 g/mol. The molecule has 0 aliphatic heterocycles. The first-order chi connectivity index (χ1) is 8.15. The third-order valence-corrected chi connectivity index (χ3v) is 2.39. The van der Waals surface area contributed by atoms with Gasteiger partial charge in [-0.25, -0.2) is 9.97 Å². The second-order valence-electron chi connectivity index (χ2n) is 3.19. The van der Waals surface area contributed by atoms with Crippen molar-refractivity contribution in [2.45, 2.75) is 0 Å². The number of halogens is 2. The van der Waals surface area contributed by atoms with Crippen LogP contribution in [0.15, 0.2) is 36.7 Å². The van der Waals surface area contributed by atoms with Gasteiger partial charge in [-0.05, 0) is 24.3 Å². The number of hydrogen-bond donors (Lipinski definition) is 1. The average Bonchev–Trinajstić information content (AvgIpc) is 2.29. The number of carbonyl (C=O) groups is 1. The smallest absolute Gasteiger partial charge is 0.255 e. The summed E-state index contributed by atoms with van der Waals surface area (Å²) in [6.07, 6.45) is 2.98. The number of rotatable bonds is 2. The maximum Gasteiger partial charge on any atom is 0.255 e. The lowest BCUT2D eigenvalue weighted by Crippen LogP contribution is -2.11. The molecule has 0 aromatic carbocycles. The Kier molecular flexibility index (Phi) is 3.56. The highest BCUT2D eigenvalue weighted by Gasteiger charge is 2.07. The molecule has 1 amide bonds. The number of nitrogens with zero attached hydrogens (tertiary/aromatic N) is 2. The molecule has 2 aromatic rings. The van der Waals surface area contributed by atoms with Crippen molar-refractivity contribution in [3.05, 3.63) is 52.5 Å². The van der Waals surface area contributed by atoms with Crippen molar-refractivity contribution in [2.75, 3.05) is 5.32 Å². The second-order valence-corrected chi connectivity index (χ2v) is 3.96. The summed E-state index contributed by atoms with van der Waals surface area (Å²) in [5.41, 5.74) is 1.00. The molecule has 6 heteroatoms. The predicted molar refractivity (Wildman–Crippen MR) is 66.4 cm³/mol. The molecule has 2 heterocycles. The van der Waals surface area contributed by atoms with Crippen LogP contribution in [0.5, 0.6) is 0 Å². The topological polar surface area (TPSA) is 54.9 Å². The third kappa shape index (κ3) is 3.15. The number of pyridine rings is 2. The molecule has 86 valence electrons. The maximum atomic E-state index is 11.8. The quantitative estimate of drug-likeness (QED) is 0.851. The molecule has 0 radical (unpaired) electrons. The van der Waals surface area contributed by atoms with Crippen LogP contribution < -0.4 is 5.32 Å². The fraction of sp³-hybridized carbons (Fsp3) is 0. The summed E-state index contributed by atoms with van der Waals surface area (Å²) in [5.74, 6) is -0.281. The summed E-state index contributed by atoms with van der Waals surface area (Å²) in [6, 6.07) is 6.26. The first-order valence-corrected chi connectivity index (χ1v) is 5.45. The SMILES string of the molecule is O=C(Nc1ccnc(Cl)c1)c1ccnc(Cl)c1. The summed E-state index contributed by atoms with van der Waals surface area (Å²) >= 11 is 11.4. The van der Waals surface area contributed by atoms with Crippen molar-refractivity contribution in [3.63, 3.8) is 0 Å². The van der Waals surface area contributed by atoms with E-state index in [1.165, 1.54) is 18.5 Å². The van der Waals surface area contributed by atoms with Gasteiger partial charge < -0.3 is 5.32 Å². The van der Waals surface area contributed by atoms with E-state index in [-0.39, 0.29) is 11.1 Å². The van der Waals surface area contributed by atoms with Gasteiger partial charge in [-0.3, -0.25) is 4.79 Å². The molecule has 4 nitrogen and oxygen atoms in total. The van der Waals surface area contributed by atoms with Crippen molar-refractivity contribution >= 4 is 34.8 Å². The Morgan fingerprint density at radius 2 is 1.71 bits per heavy atom. The van der Waals surface area contributed by atoms with E-state index in [9.17, 15) is 4.79 Å². The van der Waals surface area contributed by atoms with Gasteiger partial charge in [-0.15, -0.1) is 0 Å². The Labute approximate surface area is 108 Å². The second kappa shape index (κ2) is 5.12. The molecule has 2 rings (SSSR count). The Balaban J connectivity index is 2.17. The standard InChI is InChI=1S/C11H7Cl2N3O/c12-9-5-7(1-3-14-9)11(17)16-8-2-4-15-10(13)6-8/h1-6H,(H,15,16,17). The van der Waals surface area contributed by atoms with Crippen LogP contribution in [0.4, 0.5) is 5.69 Å². The van der Waals surface area contributed by atoms with Crippen LogP contribution in [-0.2, 0) is 0 Å². The fourth-order valence-corrected chi connectivity index (χ4v) is 1.57. The Hall–Kier alpha value is -1.65. The normalized spacial score (nSPS) is 10.0. The molecule has 0 spiro atoms. The first kappa shape index (κ1) is 11.8. The Morgan fingerprint density at radius 3 is 2.35 bits per heavy atom. The van der Waals surface area contributed by atoms with Crippen LogP contribution in [0.3, 0.4) is 0 Å². The molecule has 0 saturated carbocycles. The highest BCUT2D eigenvalue weighted by Crippen LogP contribution is 2.14. The van der Waals surface area contributed by atoms with E-state index in [0.717, 1.165) is 0 Å². The summed E-state index contributed by atoms with van der Waals surface area (Å²) in [5, 5.41) is 3.26. The van der Waals surface area contributed by atoms with Gasteiger partial charge in [0.25, 0.3) is 5.91 Å². The van der Waals surface area contributed by atoms with E-state index in [1.807, 2.05) is 0 Å². The van der Waals surface area contributed by atoms with E-state index < -0.39 is 0 Å². The zero-order valence-electron chi connectivity index (χ0n) is 8.52. The first-order valence-electron chi connectivity index (χ1n) is 4.69. The largest absolute Gasteiger partial charge is 0.322 e. The molecule has 0 atom stereocenters. The minimum atomic E-state index is -0.281. The molecule has 0 bridgehead atoms. The number of carbonyl (C=O) groups excluding carboxylic acids is 1. The molecular weight excluding hydrogens is 261 g/mol. The van der Waals surface area contributed by atoms with Gasteiger partial charge in [-0.1, -0.05) is 23.2 Å². The van der Waals surface area contributed by atoms with Gasteiger partial charge in [0.15, 0.2) is 0 Å². The van der Waals surface area contributed by atoms with Gasteiger partial charge in [0, 0.05) is 23.6 Å². The number of amides is 1. The highest BCUT2D eigenvalue weighted by atomic mass is 35.5. The van der Waals surface area contributed by atoms with E-state index in [4.69, 9.17) is 23.2 Å². The van der Waals surface area contributed by atoms with E-state index in [2.05, 4.69) is 15.3 Å². The molecule has 0 unspecified atom stereocenters. The van der Waals surface area contributed by atoms with Crippen molar-refractivity contribution in [2.24, 2.45) is 0 Å². The zero-order valence-corrected chi connectivity index (χ0v) is 10.0. The number of hydrogen-bond acceptors (Lipinski definition) is 3. The van der Waals surface area contributed by atoms with Gasteiger partial charge in [-0.2, -0.15) is 0 Å². The molecule has 17 heavy (non-hydrogen) atoms. The number of aromatic nitrogens is 2.